The van der Waals surface area contributed by atoms with Gasteiger partial charge in [0.15, 0.2) is 36.9 Å². The predicted octanol–water partition coefficient (Wildman–Crippen LogP) is 5.00. The number of carbonyl (C=O) groups excluding carboxylic acids is 5. The molecular weight excluding hydrogens is 945 g/mol. The maximum absolute atomic E-state index is 15.2. The van der Waals surface area contributed by atoms with Crippen molar-refractivity contribution in [3.8, 4) is 0 Å². The minimum absolute atomic E-state index is 0.0532. The molecule has 0 bridgehead atoms. The summed E-state index contributed by atoms with van der Waals surface area (Å²) in [5, 5.41) is 23.9. The second-order valence-corrected chi connectivity index (χ2v) is 21.9. The first-order valence-corrected chi connectivity index (χ1v) is 25.6. The van der Waals surface area contributed by atoms with Crippen molar-refractivity contribution in [1.29, 1.82) is 0 Å². The normalized spacial score (nSPS) is 44.7. The highest BCUT2D eigenvalue weighted by molar-refractivity contribution is 5.89. The number of ketones is 1. The Morgan fingerprint density at radius 1 is 0.667 bits per heavy atom. The molecule has 1 unspecified atom stereocenters. The molecule has 4 heterocycles. The molecule has 4 aliphatic heterocycles. The number of carbonyl (C=O) groups is 5. The lowest BCUT2D eigenvalue weighted by Gasteiger charge is -2.48. The quantitative estimate of drug-likeness (QED) is 0.172. The van der Waals surface area contributed by atoms with Crippen LogP contribution in [-0.4, -0.2) is 170 Å². The monoisotopic (exact) mass is 1030 g/mol. The van der Waals surface area contributed by atoms with E-state index in [0.29, 0.717) is 6.42 Å². The van der Waals surface area contributed by atoms with Crippen molar-refractivity contribution in [3.63, 3.8) is 0 Å². The number of esters is 4. The fourth-order valence-corrected chi connectivity index (χ4v) is 11.5. The zero-order valence-electron chi connectivity index (χ0n) is 46.2. The van der Waals surface area contributed by atoms with Crippen LogP contribution >= 0.6 is 0 Å². The second kappa shape index (κ2) is 25.3. The molecule has 20 nitrogen and oxygen atoms in total. The minimum Gasteiger partial charge on any atom is -0.461 e. The number of hydrogen-bond acceptors (Lipinski definition) is 20. The Hall–Kier alpha value is -2.89. The number of aliphatic hydroxyl groups is 2. The van der Waals surface area contributed by atoms with Gasteiger partial charge >= 0.3 is 23.9 Å². The summed E-state index contributed by atoms with van der Waals surface area (Å²) in [4.78, 5) is 67.3. The summed E-state index contributed by atoms with van der Waals surface area (Å²) in [7, 11) is 4.49. The van der Waals surface area contributed by atoms with Crippen LogP contribution in [0.1, 0.15) is 136 Å². The van der Waals surface area contributed by atoms with Gasteiger partial charge in [0.25, 0.3) is 0 Å². The Balaban J connectivity index is 1.87. The van der Waals surface area contributed by atoms with Gasteiger partial charge in [-0.3, -0.25) is 24.0 Å². The van der Waals surface area contributed by atoms with Crippen molar-refractivity contribution in [1.82, 2.24) is 0 Å². The van der Waals surface area contributed by atoms with E-state index >= 15 is 4.79 Å². The summed E-state index contributed by atoms with van der Waals surface area (Å²) < 4.78 is 80.6. The molecule has 72 heavy (non-hydrogen) atoms. The molecule has 2 N–H and O–H groups in total. The number of hydrogen-bond donors (Lipinski definition) is 2. The van der Waals surface area contributed by atoms with E-state index in [0.717, 1.165) is 0 Å². The Labute approximate surface area is 426 Å². The highest BCUT2D eigenvalue weighted by atomic mass is 16.7. The van der Waals surface area contributed by atoms with E-state index in [1.165, 1.54) is 49.0 Å². The number of ether oxygens (including phenoxy) is 13. The molecule has 416 valence electrons. The van der Waals surface area contributed by atoms with Gasteiger partial charge < -0.3 is 71.8 Å². The lowest BCUT2D eigenvalue weighted by atomic mass is 9.74. The van der Waals surface area contributed by atoms with Crippen molar-refractivity contribution in [2.24, 2.45) is 35.5 Å². The maximum atomic E-state index is 15.2. The van der Waals surface area contributed by atoms with Crippen LogP contribution in [0.3, 0.4) is 0 Å². The SMILES string of the molecule is CO[C@H]1C[C@@H](C)O[C@@H](OC2[C@@H](C)[C@H](O[C@H]3C[C@@](C)(OC)[C@H](OC(C)=O)[C@H](C)O3)[C@@H](C)C(=O)O[C@H]([C@@H](C)[C@H](C)O[C@H]3C[C@](C)(OC)[C@@H](OC(C)=O)[C@H](C)O3)[C@H](C)[C@H](OC(C)=O)[C@@H](C)C(=O)[C@@](C)(O)C[C@@H]2C)[C@@H]1O. The average Bonchev–Trinajstić information content (AvgIpc) is 3.29. The third-order valence-corrected chi connectivity index (χ3v) is 15.8. The standard InChI is InChI=1S/C52H88O20/c1-24-21-50(14,59)45(57)29(6)43(67-34(11)53)28(5)42(26(3)31(8)64-38-22-51(15,61-18)46(32(9)65-38)68-35(12)54)71-48(58)30(7)44(27(4)41(24)72-49-40(56)37(60-17)20-25(2)63-49)70-39-23-52(16,62-19)47(33(10)66-39)69-36(13)55/h24-33,37-44,46-47,49,56,59H,20-23H2,1-19H3/t24-,25+,26-,27+,28-,29+,30+,31-,32-,33-,37-,38+,39-,40+,41?,42+,43-,44-,46-,47+,49-,50-,51-,52+/m0/s1. The van der Waals surface area contributed by atoms with E-state index in [9.17, 15) is 29.4 Å². The van der Waals surface area contributed by atoms with Crippen molar-refractivity contribution in [2.45, 2.75) is 245 Å². The van der Waals surface area contributed by atoms with Crippen LogP contribution in [0.4, 0.5) is 0 Å². The van der Waals surface area contributed by atoms with Crippen molar-refractivity contribution >= 4 is 29.7 Å². The highest BCUT2D eigenvalue weighted by Gasteiger charge is 2.54. The second-order valence-electron chi connectivity index (χ2n) is 21.9. The first kappa shape index (κ1) is 61.7. The fourth-order valence-electron chi connectivity index (χ4n) is 11.5. The lowest BCUT2D eigenvalue weighted by Crippen LogP contribution is -2.59. The van der Waals surface area contributed by atoms with Crippen LogP contribution < -0.4 is 0 Å². The molecule has 4 aliphatic rings. The van der Waals surface area contributed by atoms with Gasteiger partial charge in [0.1, 0.15) is 35.1 Å². The van der Waals surface area contributed by atoms with Crippen molar-refractivity contribution in [3.05, 3.63) is 0 Å². The van der Waals surface area contributed by atoms with Gasteiger partial charge in [-0.2, -0.15) is 0 Å². The molecule has 20 heteroatoms. The van der Waals surface area contributed by atoms with E-state index in [1.54, 1.807) is 76.2 Å². The zero-order valence-corrected chi connectivity index (χ0v) is 46.2. The molecule has 0 radical (unpaired) electrons. The molecule has 0 aliphatic carbocycles. The molecular formula is C52H88O20. The van der Waals surface area contributed by atoms with E-state index in [-0.39, 0.29) is 19.3 Å². The third kappa shape index (κ3) is 14.5. The Morgan fingerprint density at radius 2 is 1.18 bits per heavy atom. The van der Waals surface area contributed by atoms with Gasteiger partial charge in [-0.1, -0.05) is 34.6 Å². The summed E-state index contributed by atoms with van der Waals surface area (Å²) in [6.45, 7) is 26.2. The maximum Gasteiger partial charge on any atom is 0.311 e. The lowest BCUT2D eigenvalue weighted by molar-refractivity contribution is -0.313. The molecule has 0 saturated carbocycles. The van der Waals surface area contributed by atoms with Gasteiger partial charge in [0.2, 0.25) is 0 Å². The van der Waals surface area contributed by atoms with Crippen molar-refractivity contribution < 1.29 is 95.8 Å². The summed E-state index contributed by atoms with van der Waals surface area (Å²) in [6, 6.07) is 0. The molecule has 0 amide bonds. The van der Waals surface area contributed by atoms with E-state index < -0.39 is 174 Å². The molecule has 4 rings (SSSR count). The number of cyclic esters (lactones) is 1. The van der Waals surface area contributed by atoms with Gasteiger partial charge in [-0.25, -0.2) is 0 Å². The van der Waals surface area contributed by atoms with Gasteiger partial charge in [-0.05, 0) is 67.7 Å². The first-order chi connectivity index (χ1) is 33.3. The smallest absolute Gasteiger partial charge is 0.311 e. The van der Waals surface area contributed by atoms with Crippen LogP contribution in [-0.2, 0) is 85.6 Å². The zero-order chi connectivity index (χ0) is 54.5. The van der Waals surface area contributed by atoms with Crippen LogP contribution in [0.15, 0.2) is 0 Å². The largest absolute Gasteiger partial charge is 0.461 e. The van der Waals surface area contributed by atoms with Crippen LogP contribution in [0, 0.1) is 35.5 Å². The summed E-state index contributed by atoms with van der Waals surface area (Å²) in [6.07, 6.45) is -13.2. The summed E-state index contributed by atoms with van der Waals surface area (Å²) in [5.74, 6) is -8.42. The van der Waals surface area contributed by atoms with Gasteiger partial charge in [0.05, 0.1) is 54.6 Å². The molecule has 24 atom stereocenters. The topological polar surface area (TPSA) is 246 Å². The number of aliphatic hydroxyl groups excluding tert-OH is 1. The molecule has 0 aromatic rings. The Bertz CT molecular complexity index is 1830. The molecule has 0 spiro atoms. The Kier molecular flexibility index (Phi) is 21.7. The molecule has 0 aromatic carbocycles. The fraction of sp³-hybridized carbons (Fsp3) is 0.904. The average molecular weight is 1030 g/mol. The molecule has 0 aromatic heterocycles. The predicted molar refractivity (Wildman–Crippen MR) is 257 cm³/mol. The van der Waals surface area contributed by atoms with E-state index in [1.807, 2.05) is 6.92 Å². The number of rotatable bonds is 14. The van der Waals surface area contributed by atoms with E-state index in [4.69, 9.17) is 61.6 Å². The molecule has 4 saturated heterocycles. The Morgan fingerprint density at radius 3 is 1.68 bits per heavy atom. The number of methoxy groups -OCH3 is 3. The van der Waals surface area contributed by atoms with Crippen LogP contribution in [0.25, 0.3) is 0 Å². The van der Waals surface area contributed by atoms with Gasteiger partial charge in [-0.15, -0.1) is 0 Å². The van der Waals surface area contributed by atoms with Crippen LogP contribution in [0.5, 0.6) is 0 Å². The summed E-state index contributed by atoms with van der Waals surface area (Å²) in [5.41, 5.74) is -4.15. The van der Waals surface area contributed by atoms with E-state index in [2.05, 4.69) is 0 Å². The highest BCUT2D eigenvalue weighted by Crippen LogP contribution is 2.42. The molecule has 4 fully saturated rings. The van der Waals surface area contributed by atoms with Gasteiger partial charge in [0, 0.05) is 79.1 Å². The van der Waals surface area contributed by atoms with Crippen molar-refractivity contribution in [2.75, 3.05) is 21.3 Å². The number of Topliss-reactive ketones (excluding diaryl/α,β-unsaturated/α-hetero) is 1. The minimum atomic E-state index is -2.05. The summed E-state index contributed by atoms with van der Waals surface area (Å²) >= 11 is 0. The first-order valence-electron chi connectivity index (χ1n) is 25.6. The third-order valence-electron chi connectivity index (χ3n) is 15.8. The van der Waals surface area contributed by atoms with Crippen LogP contribution in [0.2, 0.25) is 0 Å².